The number of ketones is 2. The number of aliphatic hydroxyl groups excluding tert-OH is 2. The quantitative estimate of drug-likeness (QED) is 0.221. The van der Waals surface area contributed by atoms with Crippen LogP contribution < -0.4 is 16.4 Å². The maximum atomic E-state index is 15.9. The zero-order valence-corrected chi connectivity index (χ0v) is 20.7. The number of nitrogens with two attached hydrogens (primary N) is 1. The van der Waals surface area contributed by atoms with Crippen molar-refractivity contribution in [2.24, 2.45) is 23.5 Å². The monoisotopic (exact) mass is 529 g/mol. The second-order valence-electron chi connectivity index (χ2n) is 10.8. The van der Waals surface area contributed by atoms with Gasteiger partial charge in [0.15, 0.2) is 17.1 Å². The summed E-state index contributed by atoms with van der Waals surface area (Å²) >= 11 is 0. The van der Waals surface area contributed by atoms with Crippen molar-refractivity contribution in [3.8, 4) is 5.75 Å². The number of aliphatic hydroxyl groups is 3. The molecule has 3 aliphatic carbocycles. The van der Waals surface area contributed by atoms with Crippen LogP contribution in [0.25, 0.3) is 5.76 Å². The van der Waals surface area contributed by atoms with Crippen LogP contribution in [0.2, 0.25) is 0 Å². The number of carbonyl (C=O) groups excluding carboxylic acids is 4. The molecule has 0 aromatic heterocycles. The highest BCUT2D eigenvalue weighted by Crippen LogP contribution is 2.53. The molecule has 1 aliphatic heterocycles. The topological polar surface area (TPSA) is 199 Å². The number of halogens is 1. The molecule has 1 saturated carbocycles. The smallest absolute Gasteiger partial charge is 0.255 e. The largest absolute Gasteiger partial charge is 0.508 e. The first-order valence-corrected chi connectivity index (χ1v) is 12.4. The van der Waals surface area contributed by atoms with Gasteiger partial charge in [0.2, 0.25) is 11.7 Å². The van der Waals surface area contributed by atoms with Gasteiger partial charge in [0.25, 0.3) is 5.91 Å². The number of rotatable bonds is 3. The van der Waals surface area contributed by atoms with Crippen molar-refractivity contribution >= 4 is 34.8 Å². The summed E-state index contributed by atoms with van der Waals surface area (Å²) < 4.78 is 15.9. The van der Waals surface area contributed by atoms with E-state index in [2.05, 4.69) is 10.6 Å². The molecule has 8 N–H and O–H groups in total. The van der Waals surface area contributed by atoms with Gasteiger partial charge in [0, 0.05) is 35.6 Å². The maximum absolute atomic E-state index is 15.9. The van der Waals surface area contributed by atoms with E-state index in [9.17, 15) is 39.6 Å². The molecule has 0 bridgehead atoms. The fourth-order valence-electron chi connectivity index (χ4n) is 6.26. The minimum absolute atomic E-state index is 0.00438. The Morgan fingerprint density at radius 2 is 1.84 bits per heavy atom. The van der Waals surface area contributed by atoms with E-state index in [1.165, 1.54) is 0 Å². The van der Waals surface area contributed by atoms with Gasteiger partial charge in [0.1, 0.15) is 22.9 Å². The fraction of sp³-hybridized carbons (Fsp3) is 0.462. The van der Waals surface area contributed by atoms with Gasteiger partial charge < -0.3 is 36.8 Å². The lowest BCUT2D eigenvalue weighted by Crippen LogP contribution is -2.58. The summed E-state index contributed by atoms with van der Waals surface area (Å²) in [5.41, 5.74) is 0.468. The number of aromatic hydroxyl groups is 1. The summed E-state index contributed by atoms with van der Waals surface area (Å²) in [6, 6.07) is -0.654. The fourth-order valence-corrected chi connectivity index (χ4v) is 6.26. The molecule has 12 heteroatoms. The number of nitrogens with one attached hydrogen (secondary N) is 2. The first-order valence-electron chi connectivity index (χ1n) is 12.4. The van der Waals surface area contributed by atoms with Crippen LogP contribution in [0.4, 0.5) is 10.1 Å². The van der Waals surface area contributed by atoms with Crippen molar-refractivity contribution in [1.82, 2.24) is 5.32 Å². The molecule has 202 valence electrons. The van der Waals surface area contributed by atoms with E-state index in [1.54, 1.807) is 0 Å². The lowest BCUT2D eigenvalue weighted by Gasteiger charge is -2.46. The summed E-state index contributed by atoms with van der Waals surface area (Å²) in [7, 11) is 0. The van der Waals surface area contributed by atoms with Gasteiger partial charge in [0.05, 0.1) is 17.3 Å². The average molecular weight is 530 g/mol. The van der Waals surface area contributed by atoms with Crippen LogP contribution in [-0.2, 0) is 32.1 Å². The predicted molar refractivity (Wildman–Crippen MR) is 130 cm³/mol. The number of phenolic OH excluding ortho intramolecular Hbond substituents is 1. The van der Waals surface area contributed by atoms with Crippen LogP contribution in [-0.4, -0.2) is 55.4 Å². The Bertz CT molecular complexity index is 1400. The zero-order valence-electron chi connectivity index (χ0n) is 20.7. The number of primary amides is 1. The van der Waals surface area contributed by atoms with Crippen molar-refractivity contribution < 1.29 is 44.0 Å². The molecule has 38 heavy (non-hydrogen) atoms. The normalized spacial score (nSPS) is 28.9. The summed E-state index contributed by atoms with van der Waals surface area (Å²) in [5.74, 6) is -9.11. The third-order valence-corrected chi connectivity index (χ3v) is 8.06. The number of phenols is 1. The van der Waals surface area contributed by atoms with Gasteiger partial charge in [-0.15, -0.1) is 0 Å². The van der Waals surface area contributed by atoms with Crippen molar-refractivity contribution in [2.75, 3.05) is 5.32 Å². The number of carbonyl (C=O) groups is 4. The molecule has 0 saturated heterocycles. The van der Waals surface area contributed by atoms with Gasteiger partial charge in [-0.25, -0.2) is 4.39 Å². The van der Waals surface area contributed by atoms with Gasteiger partial charge >= 0.3 is 0 Å². The molecule has 1 unspecified atom stereocenters. The van der Waals surface area contributed by atoms with Gasteiger partial charge in [-0.2, -0.15) is 0 Å². The molecule has 4 atom stereocenters. The first-order chi connectivity index (χ1) is 17.8. The van der Waals surface area contributed by atoms with Crippen LogP contribution >= 0.6 is 0 Å². The van der Waals surface area contributed by atoms with E-state index >= 15 is 4.39 Å². The Hall–Kier alpha value is -3.77. The number of hydrogen-bond donors (Lipinski definition) is 7. The summed E-state index contributed by atoms with van der Waals surface area (Å²) in [6.45, 7) is 3.76. The van der Waals surface area contributed by atoms with E-state index in [-0.39, 0.29) is 47.7 Å². The third-order valence-electron chi connectivity index (χ3n) is 8.06. The van der Waals surface area contributed by atoms with E-state index < -0.39 is 87.5 Å². The summed E-state index contributed by atoms with van der Waals surface area (Å²) in [4.78, 5) is 50.6. The van der Waals surface area contributed by atoms with Crippen LogP contribution in [0.5, 0.6) is 5.75 Å². The molecule has 2 amide bonds. The minimum Gasteiger partial charge on any atom is -0.508 e. The third kappa shape index (κ3) is 3.47. The van der Waals surface area contributed by atoms with Crippen molar-refractivity contribution in [1.29, 1.82) is 0 Å². The molecule has 1 fully saturated rings. The molecule has 1 aromatic carbocycles. The van der Waals surface area contributed by atoms with Gasteiger partial charge in [-0.05, 0) is 31.1 Å². The van der Waals surface area contributed by atoms with E-state index in [1.807, 2.05) is 13.8 Å². The van der Waals surface area contributed by atoms with E-state index in [0.29, 0.717) is 6.42 Å². The molecular formula is C26H28FN3O8. The van der Waals surface area contributed by atoms with Gasteiger partial charge in [-0.3, -0.25) is 19.2 Å². The minimum atomic E-state index is -2.71. The number of fused-ring (bicyclic) bond motifs is 4. The predicted octanol–water partition coefficient (Wildman–Crippen LogP) is 1.02. The Morgan fingerprint density at radius 3 is 2.47 bits per heavy atom. The maximum Gasteiger partial charge on any atom is 0.255 e. The highest BCUT2D eigenvalue weighted by atomic mass is 19.1. The van der Waals surface area contributed by atoms with Gasteiger partial charge in [-0.1, -0.05) is 13.8 Å². The summed E-state index contributed by atoms with van der Waals surface area (Å²) in [5, 5.41) is 49.8. The number of Topliss-reactive ketones (excluding diaryl/α,β-unsaturated/α-hetero) is 2. The average Bonchev–Trinajstić information content (AvgIpc) is 2.98. The highest BCUT2D eigenvalue weighted by Gasteiger charge is 2.60. The number of anilines is 1. The van der Waals surface area contributed by atoms with E-state index in [4.69, 9.17) is 5.73 Å². The molecule has 5 rings (SSSR count). The van der Waals surface area contributed by atoms with Crippen LogP contribution in [0.15, 0.2) is 16.9 Å². The Kier molecular flexibility index (Phi) is 5.88. The number of amides is 2. The summed E-state index contributed by atoms with van der Waals surface area (Å²) in [6.07, 6.45) is -0.278. The molecule has 0 radical (unpaired) electrons. The SMILES string of the molecule is CC(C)C[C@@H]1NCc2c(F)c3c(c(O)c2NC1=O)C(O)=C1C(=O)[C@]2(O)C(O)=C(C(N)=O)C(=O)C[C@@H]2CC1C3. The van der Waals surface area contributed by atoms with Crippen molar-refractivity contribution in [3.05, 3.63) is 39.4 Å². The highest BCUT2D eigenvalue weighted by molar-refractivity contribution is 6.22. The number of benzene rings is 1. The molecule has 11 nitrogen and oxygen atoms in total. The molecular weight excluding hydrogens is 501 g/mol. The van der Waals surface area contributed by atoms with Crippen LogP contribution in [0, 0.1) is 23.6 Å². The Morgan fingerprint density at radius 1 is 1.16 bits per heavy atom. The van der Waals surface area contributed by atoms with E-state index in [0.717, 1.165) is 0 Å². The number of hydrogen-bond acceptors (Lipinski definition) is 9. The zero-order chi connectivity index (χ0) is 27.8. The molecule has 1 heterocycles. The van der Waals surface area contributed by atoms with Crippen molar-refractivity contribution in [3.63, 3.8) is 0 Å². The lowest BCUT2D eigenvalue weighted by molar-refractivity contribution is -0.147. The second-order valence-corrected chi connectivity index (χ2v) is 10.8. The van der Waals surface area contributed by atoms with Crippen LogP contribution in [0.3, 0.4) is 0 Å². The van der Waals surface area contributed by atoms with Crippen LogP contribution in [0.1, 0.15) is 49.8 Å². The lowest BCUT2D eigenvalue weighted by atomic mass is 9.59. The molecule has 4 aliphatic rings. The standard InChI is InChI=1S/C26H28FN3O8/c1-8(2)3-13-25(37)30-19-12(7-29-13)18(27)11-5-9-4-10-6-14(31)17(24(28)36)23(35)26(10,38)22(34)15(9)20(32)16(11)21(19)33/h8-10,13,29,32-33,35,38H,3-7H2,1-2H3,(H2,28,36)(H,30,37)/t9?,10-,13-,26-/m0/s1. The molecule has 1 aromatic rings. The second kappa shape index (κ2) is 8.63. The molecule has 0 spiro atoms. The Balaban J connectivity index is 1.65. The van der Waals surface area contributed by atoms with Crippen molar-refractivity contribution in [2.45, 2.75) is 57.7 Å². The Labute approximate surface area is 216 Å². The first kappa shape index (κ1) is 25.9.